The van der Waals surface area contributed by atoms with Crippen LogP contribution in [0.4, 0.5) is 18.9 Å². The predicted octanol–water partition coefficient (Wildman–Crippen LogP) is 2.76. The number of nitrogen functional groups attached to an aromatic ring is 1. The largest absolute Gasteiger partial charge is 0.507 e. The van der Waals surface area contributed by atoms with E-state index in [1.807, 2.05) is 0 Å². The summed E-state index contributed by atoms with van der Waals surface area (Å²) in [7, 11) is 0. The van der Waals surface area contributed by atoms with Gasteiger partial charge >= 0.3 is 6.18 Å². The zero-order valence-corrected chi connectivity index (χ0v) is 7.78. The van der Waals surface area contributed by atoms with E-state index in [0.29, 0.717) is 0 Å². The van der Waals surface area contributed by atoms with Gasteiger partial charge in [0.05, 0.1) is 15.7 Å². The molecule has 0 aromatic heterocycles. The quantitative estimate of drug-likeness (QED) is 0.701. The molecule has 1 aromatic rings. The maximum absolute atomic E-state index is 12.2. The van der Waals surface area contributed by atoms with E-state index < -0.39 is 17.4 Å². The van der Waals surface area contributed by atoms with Gasteiger partial charge in [-0.1, -0.05) is 0 Å². The van der Waals surface area contributed by atoms with Gasteiger partial charge in [-0.25, -0.2) is 0 Å². The van der Waals surface area contributed by atoms with Gasteiger partial charge in [-0.15, -0.1) is 0 Å². The number of aromatic hydroxyl groups is 1. The molecule has 0 unspecified atom stereocenters. The van der Waals surface area contributed by atoms with Crippen LogP contribution in [0.1, 0.15) is 5.56 Å². The Morgan fingerprint density at radius 3 is 2.31 bits per heavy atom. The molecule has 13 heavy (non-hydrogen) atoms. The molecule has 0 spiro atoms. The third-order valence-corrected chi connectivity index (χ3v) is 2.30. The first kappa shape index (κ1) is 10.2. The first-order valence-corrected chi connectivity index (χ1v) is 3.97. The van der Waals surface area contributed by atoms with E-state index >= 15 is 0 Å². The molecule has 0 aliphatic heterocycles. The third-order valence-electron chi connectivity index (χ3n) is 1.46. The van der Waals surface area contributed by atoms with Crippen LogP contribution in [0, 0.1) is 0 Å². The summed E-state index contributed by atoms with van der Waals surface area (Å²) in [5, 5.41) is 9.00. The van der Waals surface area contributed by atoms with Gasteiger partial charge in [-0.2, -0.15) is 13.2 Å². The topological polar surface area (TPSA) is 46.2 Å². The van der Waals surface area contributed by atoms with E-state index in [1.54, 1.807) is 0 Å². The summed E-state index contributed by atoms with van der Waals surface area (Å²) in [5.41, 5.74) is 3.67. The lowest BCUT2D eigenvalue weighted by Gasteiger charge is -2.11. The van der Waals surface area contributed by atoms with Gasteiger partial charge in [-0.3, -0.25) is 0 Å². The minimum absolute atomic E-state index is 0.137. The van der Waals surface area contributed by atoms with E-state index in [0.717, 1.165) is 12.1 Å². The molecule has 72 valence electrons. The SMILES string of the molecule is Nc1c(C(F)(F)F)ccc(O)c1Br. The molecule has 0 aliphatic carbocycles. The maximum atomic E-state index is 12.2. The van der Waals surface area contributed by atoms with Gasteiger partial charge in [0.25, 0.3) is 0 Å². The van der Waals surface area contributed by atoms with Crippen molar-refractivity contribution in [2.24, 2.45) is 0 Å². The van der Waals surface area contributed by atoms with Crippen LogP contribution in [0.15, 0.2) is 16.6 Å². The van der Waals surface area contributed by atoms with Crippen LogP contribution in [0.5, 0.6) is 5.75 Å². The van der Waals surface area contributed by atoms with Crippen molar-refractivity contribution in [3.05, 3.63) is 22.2 Å². The number of rotatable bonds is 0. The number of alkyl halides is 3. The summed E-state index contributed by atoms with van der Waals surface area (Å²) in [5.74, 6) is -0.314. The Labute approximate surface area is 80.3 Å². The fourth-order valence-corrected chi connectivity index (χ4v) is 1.17. The lowest BCUT2D eigenvalue weighted by molar-refractivity contribution is -0.136. The fraction of sp³-hybridized carbons (Fsp3) is 0.143. The highest BCUT2D eigenvalue weighted by Crippen LogP contribution is 2.40. The summed E-state index contributed by atoms with van der Waals surface area (Å²) < 4.78 is 36.4. The molecule has 1 rings (SSSR count). The van der Waals surface area contributed by atoms with Crippen molar-refractivity contribution < 1.29 is 18.3 Å². The number of hydrogen-bond donors (Lipinski definition) is 2. The van der Waals surface area contributed by atoms with Crippen LogP contribution in [0.25, 0.3) is 0 Å². The van der Waals surface area contributed by atoms with Crippen LogP contribution >= 0.6 is 15.9 Å². The summed E-state index contributed by atoms with van der Waals surface area (Å²) >= 11 is 2.75. The second-order valence-electron chi connectivity index (χ2n) is 2.36. The third kappa shape index (κ3) is 1.88. The number of anilines is 1. The number of benzene rings is 1. The second-order valence-corrected chi connectivity index (χ2v) is 3.15. The average molecular weight is 256 g/mol. The van der Waals surface area contributed by atoms with Crippen molar-refractivity contribution in [1.82, 2.24) is 0 Å². The summed E-state index contributed by atoms with van der Waals surface area (Å²) in [6, 6.07) is 1.67. The number of hydrogen-bond acceptors (Lipinski definition) is 2. The second kappa shape index (κ2) is 3.10. The number of nitrogens with two attached hydrogens (primary N) is 1. The molecule has 0 saturated carbocycles. The van der Waals surface area contributed by atoms with Crippen LogP contribution in [0.2, 0.25) is 0 Å². The Kier molecular flexibility index (Phi) is 2.42. The Balaban J connectivity index is 3.35. The fourth-order valence-electron chi connectivity index (χ4n) is 0.829. The van der Waals surface area contributed by atoms with Crippen LogP contribution in [-0.4, -0.2) is 5.11 Å². The summed E-state index contributed by atoms with van der Waals surface area (Å²) in [4.78, 5) is 0. The van der Waals surface area contributed by atoms with E-state index in [4.69, 9.17) is 10.8 Å². The number of phenolic OH excluding ortho intramolecular Hbond substituents is 1. The molecule has 0 saturated heterocycles. The highest BCUT2D eigenvalue weighted by molar-refractivity contribution is 9.10. The van der Waals surface area contributed by atoms with Crippen LogP contribution in [0.3, 0.4) is 0 Å². The minimum atomic E-state index is -4.50. The predicted molar refractivity (Wildman–Crippen MR) is 45.2 cm³/mol. The van der Waals surface area contributed by atoms with E-state index in [1.165, 1.54) is 0 Å². The average Bonchev–Trinajstić information content (AvgIpc) is 1.98. The van der Waals surface area contributed by atoms with Crippen molar-refractivity contribution in [1.29, 1.82) is 0 Å². The standard InChI is InChI=1S/C7H5BrF3NO/c8-5-4(13)2-1-3(6(5)12)7(9,10)11/h1-2,13H,12H2. The van der Waals surface area contributed by atoms with Gasteiger partial charge in [0.15, 0.2) is 0 Å². The lowest BCUT2D eigenvalue weighted by atomic mass is 10.1. The van der Waals surface area contributed by atoms with E-state index in [-0.39, 0.29) is 10.2 Å². The minimum Gasteiger partial charge on any atom is -0.507 e. The van der Waals surface area contributed by atoms with Crippen LogP contribution in [-0.2, 0) is 6.18 Å². The van der Waals surface area contributed by atoms with Crippen LogP contribution < -0.4 is 5.73 Å². The molecular formula is C7H5BrF3NO. The molecule has 0 radical (unpaired) electrons. The molecule has 0 aliphatic rings. The first-order chi connectivity index (χ1) is 5.84. The normalized spacial score (nSPS) is 11.7. The van der Waals surface area contributed by atoms with E-state index in [2.05, 4.69) is 15.9 Å². The molecule has 0 fully saturated rings. The molecule has 0 atom stereocenters. The first-order valence-electron chi connectivity index (χ1n) is 3.18. The van der Waals surface area contributed by atoms with Crippen molar-refractivity contribution in [3.63, 3.8) is 0 Å². The highest BCUT2D eigenvalue weighted by Gasteiger charge is 2.34. The zero-order valence-electron chi connectivity index (χ0n) is 6.19. The van der Waals surface area contributed by atoms with Crippen molar-refractivity contribution in [2.75, 3.05) is 5.73 Å². The van der Waals surface area contributed by atoms with E-state index in [9.17, 15) is 13.2 Å². The van der Waals surface area contributed by atoms with Gasteiger partial charge in [-0.05, 0) is 28.1 Å². The molecule has 3 N–H and O–H groups in total. The molecular weight excluding hydrogens is 251 g/mol. The Morgan fingerprint density at radius 1 is 1.31 bits per heavy atom. The van der Waals surface area contributed by atoms with Gasteiger partial charge in [0, 0.05) is 0 Å². The number of phenols is 1. The zero-order chi connectivity index (χ0) is 10.2. The Bertz CT molecular complexity index is 337. The molecule has 0 heterocycles. The van der Waals surface area contributed by atoms with Gasteiger partial charge < -0.3 is 10.8 Å². The van der Waals surface area contributed by atoms with Gasteiger partial charge in [0.1, 0.15) is 5.75 Å². The lowest BCUT2D eigenvalue weighted by Crippen LogP contribution is -2.09. The smallest absolute Gasteiger partial charge is 0.418 e. The van der Waals surface area contributed by atoms with Crippen molar-refractivity contribution >= 4 is 21.6 Å². The van der Waals surface area contributed by atoms with Crippen molar-refractivity contribution in [3.8, 4) is 5.75 Å². The maximum Gasteiger partial charge on any atom is 0.418 e. The van der Waals surface area contributed by atoms with Crippen molar-refractivity contribution in [2.45, 2.75) is 6.18 Å². The number of halogens is 4. The molecule has 2 nitrogen and oxygen atoms in total. The monoisotopic (exact) mass is 255 g/mol. The summed E-state index contributed by atoms with van der Waals surface area (Å²) in [6.07, 6.45) is -4.50. The van der Waals surface area contributed by atoms with Gasteiger partial charge in [0.2, 0.25) is 0 Å². The Hall–Kier alpha value is -0.910. The molecule has 0 amide bonds. The highest BCUT2D eigenvalue weighted by atomic mass is 79.9. The molecule has 0 bridgehead atoms. The Morgan fingerprint density at radius 2 is 1.85 bits per heavy atom. The molecule has 1 aromatic carbocycles. The summed E-state index contributed by atoms with van der Waals surface area (Å²) in [6.45, 7) is 0. The molecule has 6 heteroatoms.